The largest absolute Gasteiger partial charge is 0.342 e. The average molecular weight is 345 g/mol. The molecule has 22 heavy (non-hydrogen) atoms. The first kappa shape index (κ1) is 17.4. The average Bonchev–Trinajstić information content (AvgIpc) is 2.97. The van der Waals surface area contributed by atoms with E-state index in [0.29, 0.717) is 13.1 Å². The fourth-order valence-electron chi connectivity index (χ4n) is 2.83. The van der Waals surface area contributed by atoms with Crippen LogP contribution in [0, 0.1) is 11.8 Å². The number of nitrogens with zero attached hydrogens (tertiary/aromatic N) is 1. The molecule has 2 atom stereocenters. The van der Waals surface area contributed by atoms with Gasteiger partial charge in [-0.15, -0.1) is 11.3 Å². The van der Waals surface area contributed by atoms with E-state index in [2.05, 4.69) is 10.8 Å². The topological polar surface area (TPSA) is 66.5 Å². The summed E-state index contributed by atoms with van der Waals surface area (Å²) in [4.78, 5) is 15.7. The minimum absolute atomic E-state index is 0.0275. The quantitative estimate of drug-likeness (QED) is 0.854. The van der Waals surface area contributed by atoms with Gasteiger partial charge in [0.25, 0.3) is 0 Å². The molecule has 0 spiro atoms. The lowest BCUT2D eigenvalue weighted by atomic mass is 9.96. The van der Waals surface area contributed by atoms with Crippen LogP contribution in [0.25, 0.3) is 0 Å². The molecule has 0 aliphatic carbocycles. The molecule has 5 nitrogen and oxygen atoms in total. The van der Waals surface area contributed by atoms with Crippen molar-refractivity contribution in [2.24, 2.45) is 11.8 Å². The van der Waals surface area contributed by atoms with Crippen LogP contribution in [0.2, 0.25) is 0 Å². The third kappa shape index (κ3) is 5.37. The standard InChI is InChI=1S/C15H24N2O3S2/c1-12(9-14-6-4-8-21-14)15(18)17-7-3-5-13(11-17)10-16-22(2,19)20/h4,6,8,12-13,16H,3,5,7,9-11H2,1-2H3/t12-,13-/m0/s1. The molecule has 0 radical (unpaired) electrons. The summed E-state index contributed by atoms with van der Waals surface area (Å²) in [5.41, 5.74) is 0. The Morgan fingerprint density at radius 3 is 2.95 bits per heavy atom. The maximum Gasteiger partial charge on any atom is 0.225 e. The molecule has 2 heterocycles. The van der Waals surface area contributed by atoms with Crippen LogP contribution in [-0.2, 0) is 21.2 Å². The number of carbonyl (C=O) groups excluding carboxylic acids is 1. The van der Waals surface area contributed by atoms with Gasteiger partial charge < -0.3 is 4.90 Å². The molecule has 0 aromatic carbocycles. The smallest absolute Gasteiger partial charge is 0.225 e. The van der Waals surface area contributed by atoms with Crippen molar-refractivity contribution >= 4 is 27.3 Å². The monoisotopic (exact) mass is 344 g/mol. The highest BCUT2D eigenvalue weighted by Crippen LogP contribution is 2.21. The van der Waals surface area contributed by atoms with Gasteiger partial charge in [-0.05, 0) is 36.6 Å². The Hall–Kier alpha value is -0.920. The van der Waals surface area contributed by atoms with Gasteiger partial charge >= 0.3 is 0 Å². The van der Waals surface area contributed by atoms with Crippen LogP contribution in [0.3, 0.4) is 0 Å². The predicted octanol–water partition coefficient (Wildman–Crippen LogP) is 1.71. The summed E-state index contributed by atoms with van der Waals surface area (Å²) in [6.45, 7) is 3.82. The van der Waals surface area contributed by atoms with Gasteiger partial charge in [0, 0.05) is 30.4 Å². The highest BCUT2D eigenvalue weighted by atomic mass is 32.2. The molecule has 1 saturated heterocycles. The number of carbonyl (C=O) groups is 1. The molecule has 7 heteroatoms. The van der Waals surface area contributed by atoms with Gasteiger partial charge in [0.05, 0.1) is 6.26 Å². The highest BCUT2D eigenvalue weighted by molar-refractivity contribution is 7.88. The van der Waals surface area contributed by atoms with E-state index < -0.39 is 10.0 Å². The SMILES string of the molecule is C[C@@H](Cc1cccs1)C(=O)N1CCC[C@@H](CNS(C)(=O)=O)C1. The Morgan fingerprint density at radius 1 is 1.55 bits per heavy atom. The lowest BCUT2D eigenvalue weighted by molar-refractivity contribution is -0.136. The van der Waals surface area contributed by atoms with Crippen LogP contribution in [0.1, 0.15) is 24.6 Å². The zero-order valence-electron chi connectivity index (χ0n) is 13.1. The van der Waals surface area contributed by atoms with Gasteiger partial charge in [0.15, 0.2) is 0 Å². The van der Waals surface area contributed by atoms with Crippen molar-refractivity contribution < 1.29 is 13.2 Å². The molecular formula is C15H24N2O3S2. The summed E-state index contributed by atoms with van der Waals surface area (Å²) < 4.78 is 24.9. The lowest BCUT2D eigenvalue weighted by Gasteiger charge is -2.34. The first-order chi connectivity index (χ1) is 10.3. The van der Waals surface area contributed by atoms with Crippen LogP contribution < -0.4 is 4.72 Å². The van der Waals surface area contributed by atoms with Gasteiger partial charge in [0.1, 0.15) is 0 Å². The van der Waals surface area contributed by atoms with Crippen molar-refractivity contribution in [2.75, 3.05) is 25.9 Å². The predicted molar refractivity (Wildman–Crippen MR) is 89.3 cm³/mol. The number of hydrogen-bond acceptors (Lipinski definition) is 4. The number of rotatable bonds is 6. The second-order valence-electron chi connectivity index (χ2n) is 6.10. The third-order valence-corrected chi connectivity index (χ3v) is 5.56. The van der Waals surface area contributed by atoms with Gasteiger partial charge in [-0.25, -0.2) is 13.1 Å². The van der Waals surface area contributed by atoms with Crippen LogP contribution >= 0.6 is 11.3 Å². The molecule has 1 fully saturated rings. The van der Waals surface area contributed by atoms with E-state index in [4.69, 9.17) is 0 Å². The van der Waals surface area contributed by atoms with Crippen molar-refractivity contribution in [1.29, 1.82) is 0 Å². The molecular weight excluding hydrogens is 320 g/mol. The fourth-order valence-corrected chi connectivity index (χ4v) is 4.20. The maximum absolute atomic E-state index is 12.6. The van der Waals surface area contributed by atoms with Crippen molar-refractivity contribution in [1.82, 2.24) is 9.62 Å². The molecule has 1 amide bonds. The molecule has 1 aromatic heterocycles. The second kappa shape index (κ2) is 7.57. The number of hydrogen-bond donors (Lipinski definition) is 1. The molecule has 1 aromatic rings. The van der Waals surface area contributed by atoms with Gasteiger partial charge in [-0.3, -0.25) is 4.79 Å². The van der Waals surface area contributed by atoms with E-state index >= 15 is 0 Å². The first-order valence-electron chi connectivity index (χ1n) is 7.61. The molecule has 2 rings (SSSR count). The minimum Gasteiger partial charge on any atom is -0.342 e. The minimum atomic E-state index is -3.16. The molecule has 124 valence electrons. The summed E-state index contributed by atoms with van der Waals surface area (Å²) >= 11 is 1.68. The summed E-state index contributed by atoms with van der Waals surface area (Å²) in [7, 11) is -3.16. The van der Waals surface area contributed by atoms with Crippen LogP contribution in [0.15, 0.2) is 17.5 Å². The van der Waals surface area contributed by atoms with Crippen molar-refractivity contribution in [3.8, 4) is 0 Å². The fraction of sp³-hybridized carbons (Fsp3) is 0.667. The maximum atomic E-state index is 12.6. The van der Waals surface area contributed by atoms with Crippen LogP contribution in [-0.4, -0.2) is 45.1 Å². The Labute approximate surface area is 136 Å². The lowest BCUT2D eigenvalue weighted by Crippen LogP contribution is -2.45. The third-order valence-electron chi connectivity index (χ3n) is 3.97. The zero-order chi connectivity index (χ0) is 16.2. The number of nitrogens with one attached hydrogen (secondary N) is 1. The summed E-state index contributed by atoms with van der Waals surface area (Å²) in [6.07, 6.45) is 3.85. The summed E-state index contributed by atoms with van der Waals surface area (Å²) in [5.74, 6) is 0.360. The summed E-state index contributed by atoms with van der Waals surface area (Å²) in [6, 6.07) is 4.06. The van der Waals surface area contributed by atoms with Gasteiger partial charge in [-0.2, -0.15) is 0 Å². The zero-order valence-corrected chi connectivity index (χ0v) is 14.8. The molecule has 1 N–H and O–H groups in total. The number of likely N-dealkylation sites (tertiary alicyclic amines) is 1. The molecule has 0 saturated carbocycles. The van der Waals surface area contributed by atoms with E-state index in [0.717, 1.165) is 25.8 Å². The van der Waals surface area contributed by atoms with E-state index in [1.54, 1.807) is 11.3 Å². The van der Waals surface area contributed by atoms with Crippen molar-refractivity contribution in [3.05, 3.63) is 22.4 Å². The number of amides is 1. The Kier molecular flexibility index (Phi) is 6.00. The first-order valence-corrected chi connectivity index (χ1v) is 10.4. The summed E-state index contributed by atoms with van der Waals surface area (Å²) in [5, 5.41) is 2.03. The van der Waals surface area contributed by atoms with Crippen LogP contribution in [0.4, 0.5) is 0 Å². The molecule has 1 aliphatic heterocycles. The number of thiophene rings is 1. The Balaban J connectivity index is 1.86. The van der Waals surface area contributed by atoms with E-state index in [9.17, 15) is 13.2 Å². The van der Waals surface area contributed by atoms with Gasteiger partial charge in [-0.1, -0.05) is 13.0 Å². The highest BCUT2D eigenvalue weighted by Gasteiger charge is 2.27. The van der Waals surface area contributed by atoms with E-state index in [1.165, 1.54) is 11.1 Å². The Morgan fingerprint density at radius 2 is 2.32 bits per heavy atom. The number of sulfonamides is 1. The molecule has 0 bridgehead atoms. The van der Waals surface area contributed by atoms with Crippen molar-refractivity contribution in [2.45, 2.75) is 26.2 Å². The molecule has 1 aliphatic rings. The second-order valence-corrected chi connectivity index (χ2v) is 8.96. The van der Waals surface area contributed by atoms with Crippen molar-refractivity contribution in [3.63, 3.8) is 0 Å². The number of piperidine rings is 1. The van der Waals surface area contributed by atoms with Crippen LogP contribution in [0.5, 0.6) is 0 Å². The Bertz CT molecular complexity index is 584. The molecule has 0 unspecified atom stereocenters. The van der Waals surface area contributed by atoms with Gasteiger partial charge in [0.2, 0.25) is 15.9 Å². The van der Waals surface area contributed by atoms with E-state index in [-0.39, 0.29) is 17.7 Å². The normalized spacial score (nSPS) is 20.8. The van der Waals surface area contributed by atoms with E-state index in [1.807, 2.05) is 23.3 Å².